The first kappa shape index (κ1) is 12.5. The highest BCUT2D eigenvalue weighted by molar-refractivity contribution is 5.92. The topological polar surface area (TPSA) is 52.3 Å². The van der Waals surface area contributed by atoms with Crippen molar-refractivity contribution in [3.63, 3.8) is 0 Å². The predicted octanol–water partition coefficient (Wildman–Crippen LogP) is 2.40. The van der Waals surface area contributed by atoms with Crippen molar-refractivity contribution in [2.24, 2.45) is 0 Å². The highest BCUT2D eigenvalue weighted by Crippen LogP contribution is 2.18. The highest BCUT2D eigenvalue weighted by Gasteiger charge is 2.11. The maximum absolute atomic E-state index is 11.8. The molecule has 0 bridgehead atoms. The van der Waals surface area contributed by atoms with Gasteiger partial charge in [0, 0.05) is 12.1 Å². The third kappa shape index (κ3) is 2.95. The Balaban J connectivity index is 2.79. The Hall–Kier alpha value is -1.58. The number of halogens is 1. The van der Waals surface area contributed by atoms with Gasteiger partial charge in [0.05, 0.1) is 18.8 Å². The number of anilines is 1. The van der Waals surface area contributed by atoms with E-state index in [1.165, 1.54) is 0 Å². The lowest BCUT2D eigenvalue weighted by Gasteiger charge is -2.09. The lowest BCUT2D eigenvalue weighted by molar-refractivity contribution is 0.0493. The van der Waals surface area contributed by atoms with E-state index in [2.05, 4.69) is 0 Å². The molecule has 0 aromatic heterocycles. The van der Waals surface area contributed by atoms with Gasteiger partial charge in [-0.2, -0.15) is 0 Å². The lowest BCUT2D eigenvalue weighted by atomic mass is 10.0. The van der Waals surface area contributed by atoms with Crippen LogP contribution in [0.2, 0.25) is 0 Å². The number of benzene rings is 1. The van der Waals surface area contributed by atoms with E-state index in [1.807, 2.05) is 19.9 Å². The SMILES string of the molecule is Cc1cc(C)c(C(=O)OCCCF)cc1N. The quantitative estimate of drug-likeness (QED) is 0.486. The monoisotopic (exact) mass is 225 g/mol. The van der Waals surface area contributed by atoms with Crippen molar-refractivity contribution < 1.29 is 13.9 Å². The second-order valence-corrected chi connectivity index (χ2v) is 3.70. The summed E-state index contributed by atoms with van der Waals surface area (Å²) in [4.78, 5) is 11.6. The summed E-state index contributed by atoms with van der Waals surface area (Å²) in [5.74, 6) is -0.447. The zero-order valence-corrected chi connectivity index (χ0v) is 9.55. The number of esters is 1. The van der Waals surface area contributed by atoms with Crippen molar-refractivity contribution in [1.29, 1.82) is 0 Å². The molecule has 1 aromatic carbocycles. The van der Waals surface area contributed by atoms with Crippen molar-refractivity contribution >= 4 is 11.7 Å². The molecule has 0 heterocycles. The molecule has 0 aliphatic carbocycles. The van der Waals surface area contributed by atoms with Gasteiger partial charge in [-0.05, 0) is 31.0 Å². The van der Waals surface area contributed by atoms with Crippen molar-refractivity contribution in [1.82, 2.24) is 0 Å². The van der Waals surface area contributed by atoms with Crippen LogP contribution in [0.1, 0.15) is 27.9 Å². The largest absolute Gasteiger partial charge is 0.462 e. The molecule has 88 valence electrons. The number of rotatable bonds is 4. The fraction of sp³-hybridized carbons (Fsp3) is 0.417. The van der Waals surface area contributed by atoms with E-state index < -0.39 is 12.6 Å². The summed E-state index contributed by atoms with van der Waals surface area (Å²) in [6, 6.07) is 3.43. The van der Waals surface area contributed by atoms with Gasteiger partial charge in [-0.1, -0.05) is 6.07 Å². The molecule has 0 spiro atoms. The molecule has 3 nitrogen and oxygen atoms in total. The van der Waals surface area contributed by atoms with Gasteiger partial charge in [-0.15, -0.1) is 0 Å². The van der Waals surface area contributed by atoms with E-state index in [1.54, 1.807) is 6.07 Å². The second-order valence-electron chi connectivity index (χ2n) is 3.70. The highest BCUT2D eigenvalue weighted by atomic mass is 19.1. The Labute approximate surface area is 94.4 Å². The van der Waals surface area contributed by atoms with Gasteiger partial charge in [-0.25, -0.2) is 4.79 Å². The average molecular weight is 225 g/mol. The predicted molar refractivity (Wildman–Crippen MR) is 61.2 cm³/mol. The number of hydrogen-bond acceptors (Lipinski definition) is 3. The Morgan fingerprint density at radius 1 is 1.38 bits per heavy atom. The van der Waals surface area contributed by atoms with Crippen LogP contribution in [0.4, 0.5) is 10.1 Å². The van der Waals surface area contributed by atoms with Crippen LogP contribution in [0.15, 0.2) is 12.1 Å². The minimum Gasteiger partial charge on any atom is -0.462 e. The molecule has 4 heteroatoms. The zero-order valence-electron chi connectivity index (χ0n) is 9.55. The lowest BCUT2D eigenvalue weighted by Crippen LogP contribution is -2.09. The minimum absolute atomic E-state index is 0.0998. The van der Waals surface area contributed by atoms with Crippen LogP contribution >= 0.6 is 0 Å². The molecule has 0 unspecified atom stereocenters. The van der Waals surface area contributed by atoms with Crippen LogP contribution in [0.3, 0.4) is 0 Å². The first-order valence-corrected chi connectivity index (χ1v) is 5.16. The molecular weight excluding hydrogens is 209 g/mol. The van der Waals surface area contributed by atoms with Crippen molar-refractivity contribution in [3.8, 4) is 0 Å². The summed E-state index contributed by atoms with van der Waals surface area (Å²) in [5.41, 5.74) is 8.46. The second kappa shape index (κ2) is 5.49. The number of hydrogen-bond donors (Lipinski definition) is 1. The molecule has 0 amide bonds. The van der Waals surface area contributed by atoms with E-state index in [9.17, 15) is 9.18 Å². The minimum atomic E-state index is -0.484. The molecule has 0 radical (unpaired) electrons. The summed E-state index contributed by atoms with van der Waals surface area (Å²) >= 11 is 0. The molecule has 16 heavy (non-hydrogen) atoms. The van der Waals surface area contributed by atoms with Crippen LogP contribution < -0.4 is 5.73 Å². The molecule has 1 rings (SSSR count). The fourth-order valence-electron chi connectivity index (χ4n) is 1.39. The van der Waals surface area contributed by atoms with Gasteiger partial charge in [0.15, 0.2) is 0 Å². The van der Waals surface area contributed by atoms with Crippen LogP contribution in [0, 0.1) is 13.8 Å². The maximum Gasteiger partial charge on any atom is 0.338 e. The van der Waals surface area contributed by atoms with E-state index in [0.717, 1.165) is 11.1 Å². The Morgan fingerprint density at radius 3 is 2.69 bits per heavy atom. The van der Waals surface area contributed by atoms with Crippen LogP contribution in [0.5, 0.6) is 0 Å². The summed E-state index contributed by atoms with van der Waals surface area (Å²) in [7, 11) is 0. The number of carbonyl (C=O) groups is 1. The Kier molecular flexibility index (Phi) is 4.28. The summed E-state index contributed by atoms with van der Waals surface area (Å²) in [6.07, 6.45) is 0.228. The van der Waals surface area contributed by atoms with Crippen LogP contribution in [-0.2, 0) is 4.74 Å². The first-order valence-electron chi connectivity index (χ1n) is 5.16. The molecule has 0 fully saturated rings. The van der Waals surface area contributed by atoms with Gasteiger partial charge in [0.2, 0.25) is 0 Å². The van der Waals surface area contributed by atoms with Gasteiger partial charge in [0.25, 0.3) is 0 Å². The number of alkyl halides is 1. The Bertz CT molecular complexity index is 391. The van der Waals surface area contributed by atoms with Crippen LogP contribution in [0.25, 0.3) is 0 Å². The molecule has 0 atom stereocenters. The van der Waals surface area contributed by atoms with Gasteiger partial charge < -0.3 is 10.5 Å². The van der Waals surface area contributed by atoms with Crippen LogP contribution in [-0.4, -0.2) is 19.3 Å². The molecule has 0 saturated carbocycles. The molecule has 1 aromatic rings. The van der Waals surface area contributed by atoms with Crippen molar-refractivity contribution in [2.45, 2.75) is 20.3 Å². The fourth-order valence-corrected chi connectivity index (χ4v) is 1.39. The molecule has 0 aliphatic rings. The maximum atomic E-state index is 11.8. The summed E-state index contributed by atoms with van der Waals surface area (Å²) in [6.45, 7) is 3.31. The normalized spacial score (nSPS) is 10.2. The number of aryl methyl sites for hydroxylation is 2. The van der Waals surface area contributed by atoms with E-state index in [-0.39, 0.29) is 13.0 Å². The number of nitrogen functional groups attached to an aromatic ring is 1. The molecular formula is C12H16FNO2. The van der Waals surface area contributed by atoms with Gasteiger partial charge in [-0.3, -0.25) is 4.39 Å². The van der Waals surface area contributed by atoms with Crippen molar-refractivity contribution in [2.75, 3.05) is 19.0 Å². The number of nitrogens with two attached hydrogens (primary N) is 1. The first-order chi connectivity index (χ1) is 7.56. The molecule has 2 N–H and O–H groups in total. The van der Waals surface area contributed by atoms with Gasteiger partial charge in [0.1, 0.15) is 0 Å². The third-order valence-corrected chi connectivity index (χ3v) is 2.34. The number of carbonyl (C=O) groups excluding carboxylic acids is 1. The van der Waals surface area contributed by atoms with E-state index in [4.69, 9.17) is 10.5 Å². The molecule has 0 saturated heterocycles. The van der Waals surface area contributed by atoms with E-state index >= 15 is 0 Å². The average Bonchev–Trinajstić information content (AvgIpc) is 2.23. The summed E-state index contributed by atoms with van der Waals surface area (Å²) in [5, 5.41) is 0. The third-order valence-electron chi connectivity index (χ3n) is 2.34. The number of ether oxygens (including phenoxy) is 1. The molecule has 0 aliphatic heterocycles. The standard InChI is InChI=1S/C12H16FNO2/c1-8-6-9(2)11(14)7-10(8)12(15)16-5-3-4-13/h6-7H,3-5,14H2,1-2H3. The summed E-state index contributed by atoms with van der Waals surface area (Å²) < 4.78 is 16.7. The Morgan fingerprint density at radius 2 is 2.06 bits per heavy atom. The van der Waals surface area contributed by atoms with Crippen molar-refractivity contribution in [3.05, 3.63) is 28.8 Å². The van der Waals surface area contributed by atoms with E-state index in [0.29, 0.717) is 11.3 Å². The smallest absolute Gasteiger partial charge is 0.338 e. The zero-order chi connectivity index (χ0) is 12.1. The van der Waals surface area contributed by atoms with Gasteiger partial charge >= 0.3 is 5.97 Å².